The van der Waals surface area contributed by atoms with Crippen LogP contribution in [0.4, 0.5) is 0 Å². The van der Waals surface area contributed by atoms with Gasteiger partial charge in [-0.15, -0.1) is 11.8 Å². The van der Waals surface area contributed by atoms with Gasteiger partial charge in [0.1, 0.15) is 11.9 Å². The lowest BCUT2D eigenvalue weighted by atomic mass is 9.94. The second-order valence-electron chi connectivity index (χ2n) is 4.90. The molecule has 104 valence electrons. The molecule has 0 spiro atoms. The van der Waals surface area contributed by atoms with Crippen LogP contribution in [0.3, 0.4) is 0 Å². The summed E-state index contributed by atoms with van der Waals surface area (Å²) < 4.78 is 7.14. The van der Waals surface area contributed by atoms with Crippen molar-refractivity contribution in [3.05, 3.63) is 58.1 Å². The Morgan fingerprint density at radius 2 is 1.95 bits per heavy atom. The molecule has 0 saturated carbocycles. The van der Waals surface area contributed by atoms with E-state index in [-0.39, 0.29) is 12.1 Å². The molecular weight excluding hydrogens is 334 g/mol. The van der Waals surface area contributed by atoms with Gasteiger partial charge in [0.2, 0.25) is 0 Å². The molecule has 4 heteroatoms. The van der Waals surface area contributed by atoms with Gasteiger partial charge >= 0.3 is 0 Å². The monoisotopic (exact) mass is 349 g/mol. The van der Waals surface area contributed by atoms with E-state index in [2.05, 4.69) is 46.5 Å². The van der Waals surface area contributed by atoms with Crippen molar-refractivity contribution in [2.75, 3.05) is 6.26 Å². The van der Waals surface area contributed by atoms with Gasteiger partial charge in [0.05, 0.1) is 0 Å². The van der Waals surface area contributed by atoms with Crippen molar-refractivity contribution in [2.45, 2.75) is 23.5 Å². The van der Waals surface area contributed by atoms with Crippen molar-refractivity contribution in [3.63, 3.8) is 0 Å². The zero-order valence-electron chi connectivity index (χ0n) is 11.2. The second-order valence-corrected chi connectivity index (χ2v) is 6.70. The average molecular weight is 350 g/mol. The Hall–Kier alpha value is -0.970. The van der Waals surface area contributed by atoms with E-state index in [1.165, 1.54) is 10.5 Å². The highest BCUT2D eigenvalue weighted by Gasteiger charge is 2.27. The predicted octanol–water partition coefficient (Wildman–Crippen LogP) is 4.69. The fourth-order valence-electron chi connectivity index (χ4n) is 2.50. The molecule has 3 rings (SSSR count). The Bertz CT molecular complexity index is 614. The highest BCUT2D eigenvalue weighted by atomic mass is 79.9. The standard InChI is InChI=1S/C16H16BrNOS/c1-20-12-5-2-10(3-6-12)15-9-14(18)13-7-4-11(17)8-16(13)19-15/h2-8,14-15H,9,18H2,1H3. The molecule has 0 bridgehead atoms. The molecule has 20 heavy (non-hydrogen) atoms. The van der Waals surface area contributed by atoms with Gasteiger partial charge in [0, 0.05) is 27.4 Å². The van der Waals surface area contributed by atoms with Crippen LogP contribution in [0.1, 0.15) is 29.7 Å². The quantitative estimate of drug-likeness (QED) is 0.798. The van der Waals surface area contributed by atoms with Crippen LogP contribution in [0.15, 0.2) is 51.8 Å². The molecule has 0 aliphatic carbocycles. The van der Waals surface area contributed by atoms with Crippen LogP contribution in [0, 0.1) is 0 Å². The first-order chi connectivity index (χ1) is 9.67. The third-order valence-electron chi connectivity index (χ3n) is 3.60. The molecule has 2 nitrogen and oxygen atoms in total. The van der Waals surface area contributed by atoms with Gasteiger partial charge in [0.25, 0.3) is 0 Å². The van der Waals surface area contributed by atoms with E-state index < -0.39 is 0 Å². The molecule has 1 heterocycles. The molecule has 0 radical (unpaired) electrons. The van der Waals surface area contributed by atoms with Gasteiger partial charge < -0.3 is 10.5 Å². The first-order valence-electron chi connectivity index (χ1n) is 6.53. The van der Waals surface area contributed by atoms with Crippen molar-refractivity contribution in [1.82, 2.24) is 0 Å². The number of thioether (sulfide) groups is 1. The molecule has 1 aliphatic heterocycles. The Labute approximate surface area is 131 Å². The molecule has 2 atom stereocenters. The molecule has 1 aliphatic rings. The van der Waals surface area contributed by atoms with Gasteiger partial charge in [0.15, 0.2) is 0 Å². The third-order valence-corrected chi connectivity index (χ3v) is 4.84. The molecule has 0 fully saturated rings. The normalized spacial score (nSPS) is 21.1. The number of nitrogens with two attached hydrogens (primary N) is 1. The molecule has 0 aromatic heterocycles. The number of rotatable bonds is 2. The maximum atomic E-state index is 6.28. The highest BCUT2D eigenvalue weighted by molar-refractivity contribution is 9.10. The van der Waals surface area contributed by atoms with Gasteiger partial charge in [-0.3, -0.25) is 0 Å². The zero-order chi connectivity index (χ0) is 14.1. The Balaban J connectivity index is 1.89. The van der Waals surface area contributed by atoms with Crippen LogP contribution >= 0.6 is 27.7 Å². The second kappa shape index (κ2) is 5.80. The van der Waals surface area contributed by atoms with E-state index in [9.17, 15) is 0 Å². The lowest BCUT2D eigenvalue weighted by molar-refractivity contribution is 0.161. The number of hydrogen-bond acceptors (Lipinski definition) is 3. The summed E-state index contributed by atoms with van der Waals surface area (Å²) in [5.74, 6) is 0.886. The smallest absolute Gasteiger partial charge is 0.126 e. The Morgan fingerprint density at radius 3 is 2.65 bits per heavy atom. The molecule has 2 N–H and O–H groups in total. The molecule has 2 unspecified atom stereocenters. The summed E-state index contributed by atoms with van der Waals surface area (Å²) in [7, 11) is 0. The number of hydrogen-bond donors (Lipinski definition) is 1. The fourth-order valence-corrected chi connectivity index (χ4v) is 3.25. The maximum absolute atomic E-state index is 6.28. The third kappa shape index (κ3) is 2.73. The molecule has 2 aromatic rings. The van der Waals surface area contributed by atoms with E-state index in [4.69, 9.17) is 10.5 Å². The highest BCUT2D eigenvalue weighted by Crippen LogP contribution is 2.40. The van der Waals surface area contributed by atoms with Crippen molar-refractivity contribution in [2.24, 2.45) is 5.73 Å². The van der Waals surface area contributed by atoms with Gasteiger partial charge in [-0.05, 0) is 36.1 Å². The summed E-state index contributed by atoms with van der Waals surface area (Å²) in [5.41, 5.74) is 8.55. The molecule has 0 saturated heterocycles. The minimum absolute atomic E-state index is 0.0251. The van der Waals surface area contributed by atoms with Gasteiger partial charge in [-0.25, -0.2) is 0 Å². The molecular formula is C16H16BrNOS. The van der Waals surface area contributed by atoms with E-state index >= 15 is 0 Å². The number of ether oxygens (including phenoxy) is 1. The summed E-state index contributed by atoms with van der Waals surface area (Å²) in [6, 6.07) is 14.6. The van der Waals surface area contributed by atoms with E-state index in [0.29, 0.717) is 0 Å². The minimum Gasteiger partial charge on any atom is -0.485 e. The summed E-state index contributed by atoms with van der Waals surface area (Å²) in [5, 5.41) is 0. The Morgan fingerprint density at radius 1 is 1.20 bits per heavy atom. The van der Waals surface area contributed by atoms with E-state index in [0.717, 1.165) is 22.2 Å². The summed E-state index contributed by atoms with van der Waals surface area (Å²) in [6.45, 7) is 0. The fraction of sp³-hybridized carbons (Fsp3) is 0.250. The van der Waals surface area contributed by atoms with Crippen LogP contribution in [0.25, 0.3) is 0 Å². The van der Waals surface area contributed by atoms with Crippen molar-refractivity contribution < 1.29 is 4.74 Å². The van der Waals surface area contributed by atoms with E-state index in [1.54, 1.807) is 11.8 Å². The number of halogens is 1. The van der Waals surface area contributed by atoms with Gasteiger partial charge in [-0.2, -0.15) is 0 Å². The van der Waals surface area contributed by atoms with Crippen LogP contribution in [0.5, 0.6) is 5.75 Å². The topological polar surface area (TPSA) is 35.2 Å². The molecule has 0 amide bonds. The van der Waals surface area contributed by atoms with E-state index in [1.807, 2.05) is 18.2 Å². The maximum Gasteiger partial charge on any atom is 0.126 e. The van der Waals surface area contributed by atoms with Crippen molar-refractivity contribution >= 4 is 27.7 Å². The number of benzene rings is 2. The lowest BCUT2D eigenvalue weighted by Gasteiger charge is -2.30. The summed E-state index contributed by atoms with van der Waals surface area (Å²) >= 11 is 5.23. The van der Waals surface area contributed by atoms with Crippen LogP contribution in [0.2, 0.25) is 0 Å². The predicted molar refractivity (Wildman–Crippen MR) is 87.3 cm³/mol. The Kier molecular flexibility index (Phi) is 4.06. The first kappa shape index (κ1) is 14.0. The summed E-state index contributed by atoms with van der Waals surface area (Å²) in [6.07, 6.45) is 2.92. The van der Waals surface area contributed by atoms with Crippen molar-refractivity contribution in [3.8, 4) is 5.75 Å². The first-order valence-corrected chi connectivity index (χ1v) is 8.55. The average Bonchev–Trinajstić information content (AvgIpc) is 2.46. The van der Waals surface area contributed by atoms with Gasteiger partial charge in [-0.1, -0.05) is 34.1 Å². The number of fused-ring (bicyclic) bond motifs is 1. The largest absolute Gasteiger partial charge is 0.485 e. The SMILES string of the molecule is CSc1ccc(C2CC(N)c3ccc(Br)cc3O2)cc1. The lowest BCUT2D eigenvalue weighted by Crippen LogP contribution is -2.24. The zero-order valence-corrected chi connectivity index (χ0v) is 13.6. The van der Waals surface area contributed by atoms with Crippen LogP contribution in [-0.2, 0) is 0 Å². The van der Waals surface area contributed by atoms with Crippen LogP contribution in [-0.4, -0.2) is 6.26 Å². The summed E-state index contributed by atoms with van der Waals surface area (Å²) in [4.78, 5) is 1.26. The van der Waals surface area contributed by atoms with Crippen LogP contribution < -0.4 is 10.5 Å². The minimum atomic E-state index is 0.0251. The molecule has 2 aromatic carbocycles. The van der Waals surface area contributed by atoms with Crippen molar-refractivity contribution in [1.29, 1.82) is 0 Å².